The number of nitrogens with one attached hydrogen (secondary N) is 1. The Balaban J connectivity index is 1.86. The molecule has 0 bridgehead atoms. The van der Waals surface area contributed by atoms with Crippen LogP contribution in [0.3, 0.4) is 0 Å². The first-order valence-electron chi connectivity index (χ1n) is 7.16. The number of phenols is 1. The maximum atomic E-state index is 12.3. The van der Waals surface area contributed by atoms with Crippen LogP contribution in [0, 0.1) is 5.92 Å². The monoisotopic (exact) mass is 269 g/mol. The van der Waals surface area contributed by atoms with E-state index in [1.807, 2.05) is 30.3 Å². The Morgan fingerprint density at radius 3 is 2.75 bits per heavy atom. The van der Waals surface area contributed by atoms with Crippen molar-refractivity contribution < 1.29 is 9.90 Å². The fraction of sp³-hybridized carbons (Fsp3) is 0.353. The van der Waals surface area contributed by atoms with Gasteiger partial charge in [0.15, 0.2) is 0 Å². The van der Waals surface area contributed by atoms with Crippen molar-refractivity contribution >= 4 is 16.7 Å². The van der Waals surface area contributed by atoms with Gasteiger partial charge in [-0.25, -0.2) is 0 Å². The molecule has 1 amide bonds. The summed E-state index contributed by atoms with van der Waals surface area (Å²) in [6.45, 7) is 2.21. The Kier molecular flexibility index (Phi) is 3.35. The van der Waals surface area contributed by atoms with E-state index in [4.69, 9.17) is 0 Å². The minimum atomic E-state index is -0.174. The lowest BCUT2D eigenvalue weighted by Gasteiger charge is -2.14. The van der Waals surface area contributed by atoms with Gasteiger partial charge in [0.05, 0.1) is 5.56 Å². The third kappa shape index (κ3) is 2.36. The van der Waals surface area contributed by atoms with Crippen molar-refractivity contribution in [3.8, 4) is 5.75 Å². The van der Waals surface area contributed by atoms with Gasteiger partial charge in [-0.05, 0) is 36.6 Å². The van der Waals surface area contributed by atoms with Gasteiger partial charge >= 0.3 is 0 Å². The van der Waals surface area contributed by atoms with E-state index in [1.54, 1.807) is 6.07 Å². The smallest absolute Gasteiger partial charge is 0.255 e. The zero-order valence-electron chi connectivity index (χ0n) is 11.6. The Hall–Kier alpha value is -2.03. The van der Waals surface area contributed by atoms with Gasteiger partial charge in [0.1, 0.15) is 5.75 Å². The van der Waals surface area contributed by atoms with E-state index in [0.29, 0.717) is 11.5 Å². The summed E-state index contributed by atoms with van der Waals surface area (Å²) in [7, 11) is 0. The molecule has 1 fully saturated rings. The number of aromatic hydroxyl groups is 1. The Morgan fingerprint density at radius 1 is 1.20 bits per heavy atom. The summed E-state index contributed by atoms with van der Waals surface area (Å²) in [6, 6.07) is 11.4. The van der Waals surface area contributed by atoms with Crippen molar-refractivity contribution in [2.24, 2.45) is 5.92 Å². The zero-order chi connectivity index (χ0) is 14.1. The molecule has 3 nitrogen and oxygen atoms in total. The van der Waals surface area contributed by atoms with E-state index in [2.05, 4.69) is 12.2 Å². The molecule has 0 aromatic heterocycles. The molecule has 104 valence electrons. The van der Waals surface area contributed by atoms with Gasteiger partial charge in [-0.3, -0.25) is 4.79 Å². The largest absolute Gasteiger partial charge is 0.506 e. The number of carbonyl (C=O) groups is 1. The Morgan fingerprint density at radius 2 is 2.00 bits per heavy atom. The van der Waals surface area contributed by atoms with Crippen LogP contribution in [0.5, 0.6) is 5.75 Å². The van der Waals surface area contributed by atoms with Gasteiger partial charge in [0.25, 0.3) is 5.91 Å². The Labute approximate surface area is 118 Å². The van der Waals surface area contributed by atoms with E-state index in [-0.39, 0.29) is 17.7 Å². The number of rotatable bonds is 2. The molecule has 0 heterocycles. The highest BCUT2D eigenvalue weighted by atomic mass is 16.3. The number of hydrogen-bond donors (Lipinski definition) is 2. The van der Waals surface area contributed by atoms with Gasteiger partial charge in [-0.1, -0.05) is 37.3 Å². The van der Waals surface area contributed by atoms with Gasteiger partial charge in [0.2, 0.25) is 0 Å². The van der Waals surface area contributed by atoms with Crippen LogP contribution in [0.25, 0.3) is 10.8 Å². The van der Waals surface area contributed by atoms with Crippen molar-refractivity contribution in [1.29, 1.82) is 0 Å². The summed E-state index contributed by atoms with van der Waals surface area (Å²) in [5.74, 6) is 0.574. The number of benzene rings is 2. The van der Waals surface area contributed by atoms with Crippen molar-refractivity contribution in [1.82, 2.24) is 5.32 Å². The maximum Gasteiger partial charge on any atom is 0.255 e. The second-order valence-electron chi connectivity index (χ2n) is 5.77. The predicted molar refractivity (Wildman–Crippen MR) is 79.9 cm³/mol. The van der Waals surface area contributed by atoms with E-state index >= 15 is 0 Å². The summed E-state index contributed by atoms with van der Waals surface area (Å²) in [5.41, 5.74) is 0.364. The summed E-state index contributed by atoms with van der Waals surface area (Å²) in [4.78, 5) is 12.3. The minimum absolute atomic E-state index is 0.0756. The third-order valence-electron chi connectivity index (χ3n) is 4.18. The maximum absolute atomic E-state index is 12.3. The molecule has 0 saturated heterocycles. The molecule has 2 N–H and O–H groups in total. The Bertz CT molecular complexity index is 650. The molecule has 2 atom stereocenters. The topological polar surface area (TPSA) is 49.3 Å². The first-order chi connectivity index (χ1) is 9.65. The quantitative estimate of drug-likeness (QED) is 0.877. The van der Waals surface area contributed by atoms with E-state index in [0.717, 1.165) is 30.0 Å². The molecule has 1 aliphatic rings. The molecular weight excluding hydrogens is 250 g/mol. The SMILES string of the molecule is CC1CCC(NC(=O)c2ccc3ccccc3c2O)C1. The molecule has 1 aliphatic carbocycles. The highest BCUT2D eigenvalue weighted by Crippen LogP contribution is 2.29. The average Bonchev–Trinajstić information content (AvgIpc) is 2.84. The lowest BCUT2D eigenvalue weighted by molar-refractivity contribution is 0.0935. The second-order valence-corrected chi connectivity index (χ2v) is 5.77. The summed E-state index contributed by atoms with van der Waals surface area (Å²) >= 11 is 0. The van der Waals surface area contributed by atoms with Crippen LogP contribution in [0.15, 0.2) is 36.4 Å². The highest BCUT2D eigenvalue weighted by molar-refractivity contribution is 6.03. The van der Waals surface area contributed by atoms with E-state index in [1.165, 1.54) is 0 Å². The molecule has 1 saturated carbocycles. The fourth-order valence-electron chi connectivity index (χ4n) is 3.04. The zero-order valence-corrected chi connectivity index (χ0v) is 11.6. The normalized spacial score (nSPS) is 22.1. The van der Waals surface area contributed by atoms with Crippen LogP contribution >= 0.6 is 0 Å². The fourth-order valence-corrected chi connectivity index (χ4v) is 3.04. The molecular formula is C17H19NO2. The van der Waals surface area contributed by atoms with Crippen molar-refractivity contribution in [3.05, 3.63) is 42.0 Å². The molecule has 20 heavy (non-hydrogen) atoms. The van der Waals surface area contributed by atoms with Crippen molar-refractivity contribution in [2.45, 2.75) is 32.2 Å². The molecule has 3 heteroatoms. The number of carbonyl (C=O) groups excluding carboxylic acids is 1. The molecule has 2 unspecified atom stereocenters. The number of fused-ring (bicyclic) bond motifs is 1. The molecule has 0 spiro atoms. The van der Waals surface area contributed by atoms with Gasteiger partial charge in [0, 0.05) is 11.4 Å². The van der Waals surface area contributed by atoms with Gasteiger partial charge in [-0.2, -0.15) is 0 Å². The number of hydrogen-bond acceptors (Lipinski definition) is 2. The summed E-state index contributed by atoms with van der Waals surface area (Å²) in [6.07, 6.45) is 3.22. The standard InChI is InChI=1S/C17H19NO2/c1-11-6-8-13(10-11)18-17(20)15-9-7-12-4-2-3-5-14(12)16(15)19/h2-5,7,9,11,13,19H,6,8,10H2,1H3,(H,18,20). The lowest BCUT2D eigenvalue weighted by atomic mass is 10.0. The third-order valence-corrected chi connectivity index (χ3v) is 4.18. The van der Waals surface area contributed by atoms with Crippen LogP contribution in [0.4, 0.5) is 0 Å². The average molecular weight is 269 g/mol. The minimum Gasteiger partial charge on any atom is -0.506 e. The van der Waals surface area contributed by atoms with Gasteiger partial charge in [-0.15, -0.1) is 0 Å². The first-order valence-corrected chi connectivity index (χ1v) is 7.16. The highest BCUT2D eigenvalue weighted by Gasteiger charge is 2.24. The van der Waals surface area contributed by atoms with E-state index < -0.39 is 0 Å². The van der Waals surface area contributed by atoms with Crippen LogP contribution in [-0.2, 0) is 0 Å². The molecule has 0 radical (unpaired) electrons. The van der Waals surface area contributed by atoms with Crippen LogP contribution < -0.4 is 5.32 Å². The van der Waals surface area contributed by atoms with E-state index in [9.17, 15) is 9.90 Å². The van der Waals surface area contributed by atoms with Gasteiger partial charge < -0.3 is 10.4 Å². The number of amides is 1. The molecule has 0 aliphatic heterocycles. The molecule has 2 aromatic carbocycles. The van der Waals surface area contributed by atoms with Crippen molar-refractivity contribution in [3.63, 3.8) is 0 Å². The second kappa shape index (κ2) is 5.16. The van der Waals surface area contributed by atoms with Crippen molar-refractivity contribution in [2.75, 3.05) is 0 Å². The molecule has 3 rings (SSSR count). The summed E-state index contributed by atoms with van der Waals surface area (Å²) < 4.78 is 0. The van der Waals surface area contributed by atoms with Crippen LogP contribution in [0.2, 0.25) is 0 Å². The predicted octanol–water partition coefficient (Wildman–Crippen LogP) is 3.46. The first kappa shape index (κ1) is 13.0. The lowest BCUT2D eigenvalue weighted by Crippen LogP contribution is -2.32. The van der Waals surface area contributed by atoms with Crippen LogP contribution in [0.1, 0.15) is 36.5 Å². The van der Waals surface area contributed by atoms with Crippen LogP contribution in [-0.4, -0.2) is 17.1 Å². The number of phenolic OH excluding ortho intramolecular Hbond substituents is 1. The summed E-state index contributed by atoms with van der Waals surface area (Å²) in [5, 5.41) is 15.0. The molecule has 2 aromatic rings.